The standard InChI is InChI=1S/C16H25N3O4S/c1-12(2)17-14-7-5-13(6-8-14)11-22-15(20)18(3)9-10-19(4)16(21)23-24/h5-8,12,17,24H,9-11H2,1-4H3. The van der Waals surface area contributed by atoms with Crippen molar-refractivity contribution in [3.63, 3.8) is 0 Å². The van der Waals surface area contributed by atoms with Gasteiger partial charge in [-0.15, -0.1) is 0 Å². The second kappa shape index (κ2) is 9.92. The summed E-state index contributed by atoms with van der Waals surface area (Å²) in [6.45, 7) is 4.98. The molecule has 24 heavy (non-hydrogen) atoms. The van der Waals surface area contributed by atoms with E-state index in [1.54, 1.807) is 14.1 Å². The van der Waals surface area contributed by atoms with E-state index in [1.807, 2.05) is 24.3 Å². The Balaban J connectivity index is 2.38. The number of nitrogens with one attached hydrogen (secondary N) is 1. The molecule has 2 amide bonds. The van der Waals surface area contributed by atoms with E-state index in [1.165, 1.54) is 9.80 Å². The van der Waals surface area contributed by atoms with Crippen LogP contribution >= 0.6 is 12.9 Å². The number of carbonyl (C=O) groups excluding carboxylic acids is 2. The molecule has 0 aliphatic rings. The summed E-state index contributed by atoms with van der Waals surface area (Å²) in [5.41, 5.74) is 1.93. The number of anilines is 1. The Labute approximate surface area is 148 Å². The van der Waals surface area contributed by atoms with Crippen LogP contribution in [0.1, 0.15) is 19.4 Å². The van der Waals surface area contributed by atoms with Crippen molar-refractivity contribution in [1.82, 2.24) is 9.80 Å². The molecule has 1 N–H and O–H groups in total. The summed E-state index contributed by atoms with van der Waals surface area (Å²) in [5, 5.41) is 3.29. The van der Waals surface area contributed by atoms with Gasteiger partial charge in [0.2, 0.25) is 0 Å². The fourth-order valence-corrected chi connectivity index (χ4v) is 1.98. The number of nitrogens with zero attached hydrogens (tertiary/aromatic N) is 2. The van der Waals surface area contributed by atoms with E-state index in [0.717, 1.165) is 11.3 Å². The number of carbonyl (C=O) groups is 2. The van der Waals surface area contributed by atoms with Crippen LogP contribution in [0.4, 0.5) is 15.3 Å². The quantitative estimate of drug-likeness (QED) is 0.581. The average Bonchev–Trinajstić information content (AvgIpc) is 2.57. The van der Waals surface area contributed by atoms with Crippen molar-refractivity contribution >= 4 is 30.8 Å². The van der Waals surface area contributed by atoms with Gasteiger partial charge < -0.3 is 24.0 Å². The molecule has 0 spiro atoms. The molecule has 1 aromatic rings. The Kier molecular flexibility index (Phi) is 8.25. The summed E-state index contributed by atoms with van der Waals surface area (Å²) < 4.78 is 9.53. The van der Waals surface area contributed by atoms with Gasteiger partial charge in [0.1, 0.15) is 6.61 Å². The second-order valence-corrected chi connectivity index (χ2v) is 5.93. The molecule has 0 bridgehead atoms. The highest BCUT2D eigenvalue weighted by Crippen LogP contribution is 2.12. The lowest BCUT2D eigenvalue weighted by Gasteiger charge is -2.20. The highest BCUT2D eigenvalue weighted by Gasteiger charge is 2.14. The van der Waals surface area contributed by atoms with Gasteiger partial charge in [-0.05, 0) is 31.5 Å². The molecule has 0 fully saturated rings. The molecule has 1 rings (SSSR count). The molecule has 7 nitrogen and oxygen atoms in total. The van der Waals surface area contributed by atoms with Crippen LogP contribution in [0.2, 0.25) is 0 Å². The third kappa shape index (κ3) is 6.99. The predicted octanol–water partition coefficient (Wildman–Crippen LogP) is 2.99. The lowest BCUT2D eigenvalue weighted by molar-refractivity contribution is 0.101. The van der Waals surface area contributed by atoms with Crippen LogP contribution in [0.25, 0.3) is 0 Å². The minimum Gasteiger partial charge on any atom is -0.445 e. The summed E-state index contributed by atoms with van der Waals surface area (Å²) in [6.07, 6.45) is -1.03. The van der Waals surface area contributed by atoms with Gasteiger partial charge in [-0.25, -0.2) is 9.59 Å². The molecule has 0 aliphatic carbocycles. The van der Waals surface area contributed by atoms with Crippen LogP contribution in [-0.4, -0.2) is 55.2 Å². The molecule has 0 radical (unpaired) electrons. The zero-order valence-electron chi connectivity index (χ0n) is 14.5. The van der Waals surface area contributed by atoms with E-state index < -0.39 is 12.2 Å². The Hall–Kier alpha value is -2.09. The zero-order chi connectivity index (χ0) is 18.1. The summed E-state index contributed by atoms with van der Waals surface area (Å²) >= 11 is 3.44. The third-order valence-electron chi connectivity index (χ3n) is 3.24. The van der Waals surface area contributed by atoms with E-state index in [2.05, 4.69) is 36.3 Å². The summed E-state index contributed by atoms with van der Waals surface area (Å²) in [6, 6.07) is 8.08. The Morgan fingerprint density at radius 2 is 1.62 bits per heavy atom. The van der Waals surface area contributed by atoms with Crippen molar-refractivity contribution in [1.29, 1.82) is 0 Å². The molecule has 0 saturated carbocycles. The number of amides is 2. The molecule has 0 aromatic heterocycles. The van der Waals surface area contributed by atoms with E-state index in [0.29, 0.717) is 19.1 Å². The molecule has 1 aromatic carbocycles. The van der Waals surface area contributed by atoms with Crippen molar-refractivity contribution < 1.29 is 18.5 Å². The second-order valence-electron chi connectivity index (χ2n) is 5.75. The number of hydrogen-bond acceptors (Lipinski definition) is 6. The van der Waals surface area contributed by atoms with Crippen molar-refractivity contribution in [2.75, 3.05) is 32.5 Å². The van der Waals surface area contributed by atoms with Gasteiger partial charge >= 0.3 is 12.2 Å². The van der Waals surface area contributed by atoms with Crippen LogP contribution in [0.5, 0.6) is 0 Å². The van der Waals surface area contributed by atoms with Crippen molar-refractivity contribution in [2.45, 2.75) is 26.5 Å². The molecule has 0 unspecified atom stereocenters. The van der Waals surface area contributed by atoms with Gasteiger partial charge in [-0.2, -0.15) is 0 Å². The average molecular weight is 355 g/mol. The maximum absolute atomic E-state index is 11.9. The molecular weight excluding hydrogens is 330 g/mol. The molecule has 0 heterocycles. The number of rotatable bonds is 7. The predicted molar refractivity (Wildman–Crippen MR) is 96.1 cm³/mol. The van der Waals surface area contributed by atoms with Gasteiger partial charge in [0.15, 0.2) is 0 Å². The Morgan fingerprint density at radius 1 is 1.08 bits per heavy atom. The smallest absolute Gasteiger partial charge is 0.421 e. The van der Waals surface area contributed by atoms with Crippen molar-refractivity contribution in [2.24, 2.45) is 0 Å². The number of benzene rings is 1. The first-order chi connectivity index (χ1) is 11.3. The SMILES string of the molecule is CC(C)Nc1ccc(COC(=O)N(C)CCN(C)C(=O)OS)cc1. The minimum atomic E-state index is -0.574. The van der Waals surface area contributed by atoms with Crippen LogP contribution in [0.15, 0.2) is 24.3 Å². The third-order valence-corrected chi connectivity index (χ3v) is 3.40. The fourth-order valence-electron chi connectivity index (χ4n) is 1.84. The summed E-state index contributed by atoms with van der Waals surface area (Å²) in [7, 11) is 3.17. The van der Waals surface area contributed by atoms with Gasteiger partial charge in [0.25, 0.3) is 0 Å². The lowest BCUT2D eigenvalue weighted by Crippen LogP contribution is -2.37. The summed E-state index contributed by atoms with van der Waals surface area (Å²) in [4.78, 5) is 25.8. The topological polar surface area (TPSA) is 71.1 Å². The lowest BCUT2D eigenvalue weighted by atomic mass is 10.2. The zero-order valence-corrected chi connectivity index (χ0v) is 15.4. The van der Waals surface area contributed by atoms with E-state index in [-0.39, 0.29) is 6.61 Å². The fraction of sp³-hybridized carbons (Fsp3) is 0.500. The van der Waals surface area contributed by atoms with Gasteiger partial charge in [-0.3, -0.25) is 0 Å². The maximum atomic E-state index is 11.9. The van der Waals surface area contributed by atoms with Crippen LogP contribution in [-0.2, 0) is 15.5 Å². The normalized spacial score (nSPS) is 10.2. The largest absolute Gasteiger partial charge is 0.445 e. The van der Waals surface area contributed by atoms with Crippen molar-refractivity contribution in [3.05, 3.63) is 29.8 Å². The van der Waals surface area contributed by atoms with Crippen LogP contribution < -0.4 is 5.32 Å². The number of likely N-dealkylation sites (N-methyl/N-ethyl adjacent to an activating group) is 2. The maximum Gasteiger partial charge on any atom is 0.421 e. The van der Waals surface area contributed by atoms with Gasteiger partial charge in [0, 0.05) is 51.8 Å². The monoisotopic (exact) mass is 355 g/mol. The van der Waals surface area contributed by atoms with E-state index in [4.69, 9.17) is 4.74 Å². The highest BCUT2D eigenvalue weighted by atomic mass is 32.1. The van der Waals surface area contributed by atoms with Crippen LogP contribution in [0, 0.1) is 0 Å². The first kappa shape index (κ1) is 20.0. The molecular formula is C16H25N3O4S. The van der Waals surface area contributed by atoms with Gasteiger partial charge in [0.05, 0.1) is 0 Å². The Bertz CT molecular complexity index is 537. The van der Waals surface area contributed by atoms with Crippen molar-refractivity contribution in [3.8, 4) is 0 Å². The minimum absolute atomic E-state index is 0.194. The molecule has 8 heteroatoms. The number of hydrogen-bond donors (Lipinski definition) is 2. The molecule has 0 aliphatic heterocycles. The molecule has 0 atom stereocenters. The van der Waals surface area contributed by atoms with Crippen LogP contribution in [0.3, 0.4) is 0 Å². The first-order valence-electron chi connectivity index (χ1n) is 7.63. The van der Waals surface area contributed by atoms with Gasteiger partial charge in [-0.1, -0.05) is 12.1 Å². The molecule has 0 saturated heterocycles. The number of thiol groups is 1. The van der Waals surface area contributed by atoms with E-state index >= 15 is 0 Å². The Morgan fingerprint density at radius 3 is 2.12 bits per heavy atom. The number of ether oxygens (including phenoxy) is 1. The first-order valence-corrected chi connectivity index (χ1v) is 8.00. The highest BCUT2D eigenvalue weighted by molar-refractivity contribution is 7.75. The molecule has 134 valence electrons. The summed E-state index contributed by atoms with van der Waals surface area (Å²) in [5.74, 6) is 0. The van der Waals surface area contributed by atoms with E-state index in [9.17, 15) is 9.59 Å².